The number of furan rings is 1. The summed E-state index contributed by atoms with van der Waals surface area (Å²) in [6.07, 6.45) is 5.77. The molecule has 0 aliphatic heterocycles. The van der Waals surface area contributed by atoms with Crippen LogP contribution in [0.5, 0.6) is 0 Å². The molecule has 0 aliphatic carbocycles. The molecule has 0 aromatic carbocycles. The zero-order valence-corrected chi connectivity index (χ0v) is 7.21. The Balaban J connectivity index is 2.28. The summed E-state index contributed by atoms with van der Waals surface area (Å²) < 4.78 is 6.66. The number of hydrogen-bond acceptors (Lipinski definition) is 3. The van der Waals surface area contributed by atoms with Gasteiger partial charge in [-0.15, -0.1) is 0 Å². The van der Waals surface area contributed by atoms with Crippen LogP contribution in [0.3, 0.4) is 0 Å². The average molecular weight is 178 g/mol. The molecular weight excluding hydrogens is 168 g/mol. The van der Waals surface area contributed by atoms with Gasteiger partial charge in [0.2, 0.25) is 0 Å². The fourth-order valence-electron chi connectivity index (χ4n) is 1.18. The van der Waals surface area contributed by atoms with Gasteiger partial charge in [-0.05, 0) is 6.07 Å². The van der Waals surface area contributed by atoms with Gasteiger partial charge in [0.25, 0.3) is 0 Å². The van der Waals surface area contributed by atoms with Crippen LogP contribution in [0.25, 0.3) is 0 Å². The Kier molecular flexibility index (Phi) is 1.90. The van der Waals surface area contributed by atoms with E-state index in [1.54, 1.807) is 23.2 Å². The molecule has 1 atom stereocenters. The normalized spacial score (nSPS) is 13.1. The van der Waals surface area contributed by atoms with E-state index in [1.165, 1.54) is 12.5 Å². The van der Waals surface area contributed by atoms with E-state index in [1.807, 2.05) is 7.05 Å². The van der Waals surface area contributed by atoms with Gasteiger partial charge in [0.1, 0.15) is 6.10 Å². The van der Waals surface area contributed by atoms with Gasteiger partial charge < -0.3 is 14.1 Å². The minimum atomic E-state index is -0.694. The number of imidazole rings is 1. The van der Waals surface area contributed by atoms with Crippen molar-refractivity contribution in [1.82, 2.24) is 9.55 Å². The van der Waals surface area contributed by atoms with Crippen LogP contribution in [-0.4, -0.2) is 14.7 Å². The van der Waals surface area contributed by atoms with Gasteiger partial charge >= 0.3 is 0 Å². The van der Waals surface area contributed by atoms with Gasteiger partial charge in [0.15, 0.2) is 0 Å². The van der Waals surface area contributed by atoms with E-state index in [2.05, 4.69) is 4.98 Å². The van der Waals surface area contributed by atoms with Gasteiger partial charge in [-0.25, -0.2) is 4.98 Å². The van der Waals surface area contributed by atoms with Gasteiger partial charge in [-0.3, -0.25) is 0 Å². The second kappa shape index (κ2) is 3.06. The summed E-state index contributed by atoms with van der Waals surface area (Å²) in [5, 5.41) is 9.76. The standard InChI is InChI=1S/C9H10N2O2/c1-11-4-8(10-6-11)9(12)7-2-3-13-5-7/h2-6,9,12H,1H3. The molecular formula is C9H10N2O2. The summed E-state index contributed by atoms with van der Waals surface area (Å²) in [6.45, 7) is 0. The Labute approximate surface area is 75.4 Å². The molecule has 68 valence electrons. The molecule has 2 aromatic heterocycles. The number of nitrogens with zero attached hydrogens (tertiary/aromatic N) is 2. The van der Waals surface area contributed by atoms with Crippen molar-refractivity contribution in [3.05, 3.63) is 42.4 Å². The summed E-state index contributed by atoms with van der Waals surface area (Å²) in [4.78, 5) is 4.04. The first kappa shape index (κ1) is 8.07. The lowest BCUT2D eigenvalue weighted by molar-refractivity contribution is 0.214. The first-order valence-corrected chi connectivity index (χ1v) is 3.95. The highest BCUT2D eigenvalue weighted by Gasteiger charge is 2.13. The van der Waals surface area contributed by atoms with Crippen molar-refractivity contribution in [2.24, 2.45) is 7.05 Å². The Bertz CT molecular complexity index is 378. The van der Waals surface area contributed by atoms with Crippen LogP contribution in [0.4, 0.5) is 0 Å². The molecule has 1 unspecified atom stereocenters. The lowest BCUT2D eigenvalue weighted by Crippen LogP contribution is -1.97. The molecule has 0 saturated heterocycles. The quantitative estimate of drug-likeness (QED) is 0.749. The SMILES string of the molecule is Cn1cnc(C(O)c2ccoc2)c1. The predicted octanol–water partition coefficient (Wildman–Crippen LogP) is 1.09. The molecule has 4 heteroatoms. The predicted molar refractivity (Wildman–Crippen MR) is 46.0 cm³/mol. The third-order valence-corrected chi connectivity index (χ3v) is 1.86. The topological polar surface area (TPSA) is 51.2 Å². The van der Waals surface area contributed by atoms with Gasteiger partial charge in [0.05, 0.1) is 24.5 Å². The van der Waals surface area contributed by atoms with E-state index in [0.29, 0.717) is 5.69 Å². The molecule has 13 heavy (non-hydrogen) atoms. The van der Waals surface area contributed by atoms with Crippen molar-refractivity contribution in [3.63, 3.8) is 0 Å². The van der Waals surface area contributed by atoms with E-state index in [-0.39, 0.29) is 0 Å². The number of aryl methyl sites for hydroxylation is 1. The molecule has 2 rings (SSSR count). The van der Waals surface area contributed by atoms with E-state index in [9.17, 15) is 5.11 Å². The van der Waals surface area contributed by atoms with E-state index in [0.717, 1.165) is 5.56 Å². The molecule has 4 nitrogen and oxygen atoms in total. The third-order valence-electron chi connectivity index (χ3n) is 1.86. The molecule has 2 aromatic rings. The highest BCUT2D eigenvalue weighted by molar-refractivity contribution is 5.19. The second-order valence-electron chi connectivity index (χ2n) is 2.92. The van der Waals surface area contributed by atoms with Crippen molar-refractivity contribution in [2.75, 3.05) is 0 Å². The first-order chi connectivity index (χ1) is 6.27. The van der Waals surface area contributed by atoms with E-state index in [4.69, 9.17) is 4.42 Å². The van der Waals surface area contributed by atoms with Crippen LogP contribution in [-0.2, 0) is 7.05 Å². The Morgan fingerprint density at radius 1 is 1.62 bits per heavy atom. The van der Waals surface area contributed by atoms with Crippen molar-refractivity contribution in [1.29, 1.82) is 0 Å². The van der Waals surface area contributed by atoms with E-state index >= 15 is 0 Å². The first-order valence-electron chi connectivity index (χ1n) is 3.95. The summed E-state index contributed by atoms with van der Waals surface area (Å²) in [6, 6.07) is 1.72. The van der Waals surface area contributed by atoms with Gasteiger partial charge in [-0.1, -0.05) is 0 Å². The van der Waals surface area contributed by atoms with Gasteiger partial charge in [-0.2, -0.15) is 0 Å². The van der Waals surface area contributed by atoms with E-state index < -0.39 is 6.10 Å². The second-order valence-corrected chi connectivity index (χ2v) is 2.92. The van der Waals surface area contributed by atoms with Crippen LogP contribution < -0.4 is 0 Å². The summed E-state index contributed by atoms with van der Waals surface area (Å²) in [5.74, 6) is 0. The lowest BCUT2D eigenvalue weighted by atomic mass is 10.1. The molecule has 0 amide bonds. The third kappa shape index (κ3) is 1.48. The van der Waals surface area contributed by atoms with Crippen molar-refractivity contribution >= 4 is 0 Å². The highest BCUT2D eigenvalue weighted by atomic mass is 16.3. The van der Waals surface area contributed by atoms with Crippen molar-refractivity contribution < 1.29 is 9.52 Å². The Morgan fingerprint density at radius 3 is 3.00 bits per heavy atom. The Hall–Kier alpha value is -1.55. The fourth-order valence-corrected chi connectivity index (χ4v) is 1.18. The lowest BCUT2D eigenvalue weighted by Gasteiger charge is -2.02. The monoisotopic (exact) mass is 178 g/mol. The molecule has 2 heterocycles. The highest BCUT2D eigenvalue weighted by Crippen LogP contribution is 2.19. The van der Waals surface area contributed by atoms with Gasteiger partial charge in [0, 0.05) is 18.8 Å². The maximum absolute atomic E-state index is 9.76. The van der Waals surface area contributed by atoms with Crippen LogP contribution >= 0.6 is 0 Å². The van der Waals surface area contributed by atoms with Crippen LogP contribution in [0, 0.1) is 0 Å². The number of rotatable bonds is 2. The molecule has 0 bridgehead atoms. The fraction of sp³-hybridized carbons (Fsp3) is 0.222. The summed E-state index contributed by atoms with van der Waals surface area (Å²) in [5.41, 5.74) is 1.35. The minimum Gasteiger partial charge on any atom is -0.472 e. The molecule has 0 fully saturated rings. The van der Waals surface area contributed by atoms with Crippen LogP contribution in [0.1, 0.15) is 17.4 Å². The zero-order valence-electron chi connectivity index (χ0n) is 7.21. The minimum absolute atomic E-state index is 0.629. The number of hydrogen-bond donors (Lipinski definition) is 1. The molecule has 1 N–H and O–H groups in total. The summed E-state index contributed by atoms with van der Waals surface area (Å²) in [7, 11) is 1.86. The number of aliphatic hydroxyl groups is 1. The van der Waals surface area contributed by atoms with Crippen molar-refractivity contribution in [3.8, 4) is 0 Å². The number of aromatic nitrogens is 2. The maximum Gasteiger partial charge on any atom is 0.126 e. The largest absolute Gasteiger partial charge is 0.472 e. The maximum atomic E-state index is 9.76. The molecule has 0 aliphatic rings. The Morgan fingerprint density at radius 2 is 2.46 bits per heavy atom. The molecule has 0 radical (unpaired) electrons. The van der Waals surface area contributed by atoms with Crippen LogP contribution in [0.2, 0.25) is 0 Å². The molecule has 0 spiro atoms. The zero-order chi connectivity index (χ0) is 9.26. The van der Waals surface area contributed by atoms with Crippen LogP contribution in [0.15, 0.2) is 35.5 Å². The van der Waals surface area contributed by atoms with Crippen molar-refractivity contribution in [2.45, 2.75) is 6.10 Å². The summed E-state index contributed by atoms with van der Waals surface area (Å²) >= 11 is 0. The number of aliphatic hydroxyl groups excluding tert-OH is 1. The smallest absolute Gasteiger partial charge is 0.126 e. The molecule has 0 saturated carbocycles. The average Bonchev–Trinajstić information content (AvgIpc) is 2.72.